The number of ketones is 1. The van der Waals surface area contributed by atoms with Crippen LogP contribution in [0.5, 0.6) is 5.75 Å². The highest BCUT2D eigenvalue weighted by atomic mass is 16.3. The van der Waals surface area contributed by atoms with E-state index in [1.165, 1.54) is 11.1 Å². The molecule has 0 radical (unpaired) electrons. The van der Waals surface area contributed by atoms with Crippen LogP contribution in [0.4, 0.5) is 0 Å². The predicted molar refractivity (Wildman–Crippen MR) is 101 cm³/mol. The Morgan fingerprint density at radius 3 is 2.69 bits per heavy atom. The van der Waals surface area contributed by atoms with Gasteiger partial charge in [-0.3, -0.25) is 9.59 Å². The lowest BCUT2D eigenvalue weighted by molar-refractivity contribution is 0.0979. The first-order valence-electron chi connectivity index (χ1n) is 8.82. The first-order chi connectivity index (χ1) is 12.5. The second-order valence-corrected chi connectivity index (χ2v) is 6.40. The second kappa shape index (κ2) is 7.52. The van der Waals surface area contributed by atoms with Crippen LogP contribution in [0.2, 0.25) is 0 Å². The predicted octanol–water partition coefficient (Wildman–Crippen LogP) is 3.78. The molecule has 0 saturated heterocycles. The van der Waals surface area contributed by atoms with Crippen molar-refractivity contribution in [3.8, 4) is 5.75 Å². The number of nitrogens with zero attached hydrogens (tertiary/aromatic N) is 1. The summed E-state index contributed by atoms with van der Waals surface area (Å²) in [5.41, 5.74) is 3.70. The Labute approximate surface area is 152 Å². The summed E-state index contributed by atoms with van der Waals surface area (Å²) >= 11 is 0. The quantitative estimate of drug-likeness (QED) is 0.804. The van der Waals surface area contributed by atoms with Crippen molar-refractivity contribution in [3.63, 3.8) is 0 Å². The molecule has 5 heteroatoms. The molecule has 3 rings (SSSR count). The Balaban J connectivity index is 2.02. The van der Waals surface area contributed by atoms with Gasteiger partial charge in [-0.25, -0.2) is 4.98 Å². The molecule has 0 bridgehead atoms. The molecule has 0 spiro atoms. The maximum absolute atomic E-state index is 12.0. The average molecular weight is 350 g/mol. The van der Waals surface area contributed by atoms with Gasteiger partial charge in [0.1, 0.15) is 5.82 Å². The van der Waals surface area contributed by atoms with Gasteiger partial charge in [-0.05, 0) is 42.0 Å². The van der Waals surface area contributed by atoms with Gasteiger partial charge >= 0.3 is 0 Å². The van der Waals surface area contributed by atoms with E-state index >= 15 is 0 Å². The number of rotatable bonds is 5. The number of aromatic nitrogens is 2. The molecule has 0 fully saturated rings. The van der Waals surface area contributed by atoms with Crippen LogP contribution in [0.25, 0.3) is 5.57 Å². The number of aromatic amines is 1. The van der Waals surface area contributed by atoms with E-state index in [1.54, 1.807) is 6.92 Å². The highest BCUT2D eigenvalue weighted by Gasteiger charge is 2.18. The summed E-state index contributed by atoms with van der Waals surface area (Å²) in [5, 5.41) is 9.84. The van der Waals surface area contributed by atoms with E-state index in [9.17, 15) is 14.7 Å². The lowest BCUT2D eigenvalue weighted by Gasteiger charge is -2.17. The molecule has 1 heterocycles. The Bertz CT molecular complexity index is 967. The minimum Gasteiger partial charge on any atom is -0.501 e. The molecule has 0 aliphatic heterocycles. The zero-order valence-corrected chi connectivity index (χ0v) is 15.0. The van der Waals surface area contributed by atoms with Crippen LogP contribution in [0, 0.1) is 0 Å². The summed E-state index contributed by atoms with van der Waals surface area (Å²) < 4.78 is 0. The number of hydrogen-bond acceptors (Lipinski definition) is 4. The molecule has 2 N–H and O–H groups in total. The average Bonchev–Trinajstić information content (AvgIpc) is 2.65. The Kier molecular flexibility index (Phi) is 5.16. The highest BCUT2D eigenvalue weighted by molar-refractivity contribution is 5.96. The van der Waals surface area contributed by atoms with Gasteiger partial charge in [-0.2, -0.15) is 0 Å². The number of carbonyl (C=O) groups excluding carboxylic acids is 1. The van der Waals surface area contributed by atoms with Crippen molar-refractivity contribution in [1.82, 2.24) is 9.97 Å². The first-order valence-corrected chi connectivity index (χ1v) is 8.82. The first kappa shape index (κ1) is 17.9. The van der Waals surface area contributed by atoms with Crippen molar-refractivity contribution >= 4 is 11.4 Å². The highest BCUT2D eigenvalue weighted by Crippen LogP contribution is 2.30. The molecule has 134 valence electrons. The van der Waals surface area contributed by atoms with Crippen molar-refractivity contribution < 1.29 is 9.90 Å². The molecule has 1 aliphatic rings. The van der Waals surface area contributed by atoms with Gasteiger partial charge in [0.15, 0.2) is 11.5 Å². The Hall–Kier alpha value is -2.95. The van der Waals surface area contributed by atoms with Gasteiger partial charge in [-0.1, -0.05) is 43.3 Å². The molecule has 26 heavy (non-hydrogen) atoms. The molecular weight excluding hydrogens is 328 g/mol. The van der Waals surface area contributed by atoms with E-state index < -0.39 is 11.3 Å². The summed E-state index contributed by atoms with van der Waals surface area (Å²) in [4.78, 5) is 30.7. The fourth-order valence-corrected chi connectivity index (χ4v) is 3.20. The molecule has 0 atom stereocenters. The normalized spacial score (nSPS) is 13.9. The summed E-state index contributed by atoms with van der Waals surface area (Å²) in [5.74, 6) is -0.588. The van der Waals surface area contributed by atoms with Crippen LogP contribution in [0.15, 0.2) is 46.8 Å². The number of nitrogens with one attached hydrogen (secondary N) is 1. The topological polar surface area (TPSA) is 83.0 Å². The van der Waals surface area contributed by atoms with Crippen molar-refractivity contribution in [2.24, 2.45) is 0 Å². The van der Waals surface area contributed by atoms with E-state index in [2.05, 4.69) is 35.1 Å². The van der Waals surface area contributed by atoms with Crippen LogP contribution in [0.3, 0.4) is 0 Å². The third-order valence-electron chi connectivity index (χ3n) is 4.59. The maximum Gasteiger partial charge on any atom is 0.293 e. The molecule has 2 aromatic rings. The van der Waals surface area contributed by atoms with E-state index in [-0.39, 0.29) is 17.9 Å². The van der Waals surface area contributed by atoms with Gasteiger partial charge in [0, 0.05) is 12.8 Å². The molecule has 5 nitrogen and oxygen atoms in total. The number of allylic oxidation sites excluding steroid dienone is 4. The number of carbonyl (C=O) groups is 1. The van der Waals surface area contributed by atoms with E-state index in [0.717, 1.165) is 24.0 Å². The number of H-pyrrole nitrogens is 1. The minimum atomic E-state index is -0.683. The van der Waals surface area contributed by atoms with Crippen LogP contribution >= 0.6 is 0 Å². The third-order valence-corrected chi connectivity index (χ3v) is 4.59. The Morgan fingerprint density at radius 1 is 1.23 bits per heavy atom. The monoisotopic (exact) mass is 350 g/mol. The lowest BCUT2D eigenvalue weighted by Crippen LogP contribution is -2.17. The zero-order valence-electron chi connectivity index (χ0n) is 15.0. The number of aromatic hydroxyl groups is 1. The molecule has 0 amide bonds. The van der Waals surface area contributed by atoms with E-state index in [1.807, 2.05) is 18.2 Å². The summed E-state index contributed by atoms with van der Waals surface area (Å²) in [6, 6.07) is 7.98. The van der Waals surface area contributed by atoms with Crippen molar-refractivity contribution in [3.05, 3.63) is 75.0 Å². The van der Waals surface area contributed by atoms with Crippen LogP contribution in [-0.4, -0.2) is 20.9 Å². The smallest absolute Gasteiger partial charge is 0.293 e. The largest absolute Gasteiger partial charge is 0.501 e. The molecule has 0 unspecified atom stereocenters. The third kappa shape index (κ3) is 3.52. The van der Waals surface area contributed by atoms with E-state index in [0.29, 0.717) is 12.2 Å². The second-order valence-electron chi connectivity index (χ2n) is 6.40. The van der Waals surface area contributed by atoms with Gasteiger partial charge in [0.05, 0.1) is 0 Å². The number of Topliss-reactive ketones (excluding diaryl/α,β-unsaturated/α-hetero) is 1. The standard InChI is InChI=1S/C21H22N2O3/c1-3-17(24)19-20(25)21(26)23-18(22-19)12-14-9-5-7-11-16(14)15-10-6-4-8-13(15)2/h5,7-11,25H,3-4,6,12H2,1-2H3,(H,22,23,26). The van der Waals surface area contributed by atoms with Gasteiger partial charge in [0.2, 0.25) is 5.75 Å². The molecular formula is C21H22N2O3. The fraction of sp³-hybridized carbons (Fsp3) is 0.286. The zero-order chi connectivity index (χ0) is 18.7. The summed E-state index contributed by atoms with van der Waals surface area (Å²) in [6.45, 7) is 3.77. The molecule has 0 saturated carbocycles. The van der Waals surface area contributed by atoms with Crippen molar-refractivity contribution in [2.75, 3.05) is 0 Å². The lowest BCUT2D eigenvalue weighted by atomic mass is 9.89. The van der Waals surface area contributed by atoms with Crippen LogP contribution in [0.1, 0.15) is 60.5 Å². The summed E-state index contributed by atoms with van der Waals surface area (Å²) in [6.07, 6.45) is 7.06. The minimum absolute atomic E-state index is 0.156. The number of hydrogen-bond donors (Lipinski definition) is 2. The molecule has 1 aromatic heterocycles. The Morgan fingerprint density at radius 2 is 1.96 bits per heavy atom. The number of benzene rings is 1. The SMILES string of the molecule is CCC(=O)c1nc(Cc2ccccc2C2=CCCC=C2C)[nH]c(=O)c1O. The maximum atomic E-state index is 12.0. The summed E-state index contributed by atoms with van der Waals surface area (Å²) in [7, 11) is 0. The van der Waals surface area contributed by atoms with Gasteiger partial charge in [-0.15, -0.1) is 0 Å². The van der Waals surface area contributed by atoms with Crippen molar-refractivity contribution in [1.29, 1.82) is 0 Å². The molecule has 1 aromatic carbocycles. The van der Waals surface area contributed by atoms with Gasteiger partial charge in [0.25, 0.3) is 5.56 Å². The van der Waals surface area contributed by atoms with Gasteiger partial charge < -0.3 is 10.1 Å². The van der Waals surface area contributed by atoms with Crippen LogP contribution in [-0.2, 0) is 6.42 Å². The van der Waals surface area contributed by atoms with Crippen molar-refractivity contribution in [2.45, 2.75) is 39.5 Å². The van der Waals surface area contributed by atoms with E-state index in [4.69, 9.17) is 0 Å². The fourth-order valence-electron chi connectivity index (χ4n) is 3.20. The molecule has 1 aliphatic carbocycles. The van der Waals surface area contributed by atoms with Crippen LogP contribution < -0.4 is 5.56 Å².